The van der Waals surface area contributed by atoms with Gasteiger partial charge in [0.2, 0.25) is 17.7 Å². The minimum absolute atomic E-state index is 0.0410. The number of hydrogen-bond donors (Lipinski definition) is 4. The lowest BCUT2D eigenvalue weighted by molar-refractivity contribution is -0.125. The number of rotatable bonds is 3. The van der Waals surface area contributed by atoms with Crippen LogP contribution < -0.4 is 21.5 Å². The van der Waals surface area contributed by atoms with Crippen molar-refractivity contribution < 1.29 is 14.4 Å². The second-order valence-corrected chi connectivity index (χ2v) is 18.6. The van der Waals surface area contributed by atoms with Crippen LogP contribution in [-0.2, 0) is 14.4 Å². The fraction of sp³-hybridized carbons (Fsp3) is 0.176. The van der Waals surface area contributed by atoms with Crippen LogP contribution in [0.5, 0.6) is 0 Å². The van der Waals surface area contributed by atoms with E-state index in [1.165, 1.54) is 0 Å². The van der Waals surface area contributed by atoms with Crippen LogP contribution in [0.4, 0.5) is 0 Å². The third-order valence-electron chi connectivity index (χ3n) is 12.6. The Bertz CT molecular complexity index is 3640. The van der Waals surface area contributed by atoms with Gasteiger partial charge in [-0.15, -0.1) is 0 Å². The number of nitrogens with one attached hydrogen (secondary N) is 4. The Hall–Kier alpha value is -7.00. The first-order chi connectivity index (χ1) is 32.4. The first-order valence-electron chi connectivity index (χ1n) is 21.7. The molecule has 9 aromatic rings. The lowest BCUT2D eigenvalue weighted by Crippen LogP contribution is -2.36. The molecule has 3 unspecified atom stereocenters. The van der Waals surface area contributed by atoms with Gasteiger partial charge in [-0.25, -0.2) is 9.97 Å². The number of aromatic amines is 1. The molecular weight excluding hydrogens is 953 g/mol. The molecule has 16 heteroatoms. The number of para-hydroxylation sites is 1. The van der Waals surface area contributed by atoms with Crippen molar-refractivity contribution in [2.45, 2.75) is 56.7 Å². The van der Waals surface area contributed by atoms with Crippen LogP contribution in [0.3, 0.4) is 0 Å². The maximum atomic E-state index is 12.5. The van der Waals surface area contributed by atoms with Crippen molar-refractivity contribution in [1.29, 1.82) is 0 Å². The molecule has 3 aliphatic heterocycles. The zero-order valence-electron chi connectivity index (χ0n) is 35.9. The summed E-state index contributed by atoms with van der Waals surface area (Å²) < 4.78 is 6.84. The summed E-state index contributed by atoms with van der Waals surface area (Å²) in [6, 6.07) is 28.1. The summed E-state index contributed by atoms with van der Waals surface area (Å²) in [6.45, 7) is 11.5. The predicted molar refractivity (Wildman–Crippen MR) is 269 cm³/mol. The minimum atomic E-state index is -0.392. The maximum absolute atomic E-state index is 12.5. The second-order valence-electron chi connectivity index (χ2n) is 16.8. The number of aromatic nitrogens is 6. The first-order valence-corrected chi connectivity index (χ1v) is 23.3. The van der Waals surface area contributed by atoms with E-state index in [0.717, 1.165) is 101 Å². The number of allylic oxidation sites excluding steroid dienone is 3. The largest absolute Gasteiger partial charge is 0.329 e. The molecule has 0 radical (unpaired) electrons. The van der Waals surface area contributed by atoms with E-state index in [1.54, 1.807) is 18.5 Å². The summed E-state index contributed by atoms with van der Waals surface area (Å²) in [7, 11) is 0. The lowest BCUT2D eigenvalue weighted by atomic mass is 10.0. The van der Waals surface area contributed by atoms with E-state index in [4.69, 9.17) is 23.2 Å². The minimum Gasteiger partial charge on any atom is -0.329 e. The maximum Gasteiger partial charge on any atom is 0.272 e. The van der Waals surface area contributed by atoms with Gasteiger partial charge in [0.05, 0.1) is 16.6 Å². The van der Waals surface area contributed by atoms with E-state index in [9.17, 15) is 19.2 Å². The highest BCUT2D eigenvalue weighted by Crippen LogP contribution is 2.38. The van der Waals surface area contributed by atoms with Crippen LogP contribution in [0.25, 0.3) is 65.7 Å². The molecule has 3 fully saturated rings. The fourth-order valence-corrected chi connectivity index (χ4v) is 10.3. The fourth-order valence-electron chi connectivity index (χ4n) is 9.65. The van der Waals surface area contributed by atoms with Crippen molar-refractivity contribution >= 4 is 123 Å². The van der Waals surface area contributed by atoms with Crippen LogP contribution in [0.2, 0.25) is 10.2 Å². The van der Waals surface area contributed by atoms with Crippen molar-refractivity contribution in [3.05, 3.63) is 165 Å². The molecule has 12 rings (SSSR count). The Morgan fingerprint density at radius 3 is 1.81 bits per heavy atom. The lowest BCUT2D eigenvalue weighted by Gasteiger charge is -2.26. The van der Waals surface area contributed by atoms with Gasteiger partial charge in [0.15, 0.2) is 0 Å². The number of H-pyrrole nitrogens is 1. The Kier molecular flexibility index (Phi) is 11.6. The van der Waals surface area contributed by atoms with Gasteiger partial charge in [-0.3, -0.25) is 19.2 Å². The molecule has 9 heterocycles. The number of nitrogens with zero attached hydrogens (tertiary/aromatic N) is 5. The van der Waals surface area contributed by atoms with Gasteiger partial charge in [-0.05, 0) is 105 Å². The van der Waals surface area contributed by atoms with Crippen molar-refractivity contribution in [3.8, 4) is 0 Å². The Morgan fingerprint density at radius 2 is 1.13 bits per heavy atom. The normalized spacial score (nSPS) is 18.8. The number of halogens is 3. The average Bonchev–Trinajstić information content (AvgIpc) is 3.92. The molecule has 3 amide bonds. The molecule has 4 N–H and O–H groups in total. The van der Waals surface area contributed by atoms with E-state index in [1.807, 2.05) is 98.6 Å². The molecule has 0 spiro atoms. The van der Waals surface area contributed by atoms with Gasteiger partial charge in [0.1, 0.15) is 40.1 Å². The van der Waals surface area contributed by atoms with Gasteiger partial charge < -0.3 is 34.6 Å². The average molecular weight is 996 g/mol. The van der Waals surface area contributed by atoms with E-state index >= 15 is 0 Å². The third-order valence-corrected chi connectivity index (χ3v) is 13.6. The van der Waals surface area contributed by atoms with Crippen molar-refractivity contribution in [2.75, 3.05) is 0 Å². The smallest absolute Gasteiger partial charge is 0.272 e. The Morgan fingerprint density at radius 1 is 0.567 bits per heavy atom. The Balaban J connectivity index is 0.000000118. The molecule has 3 aromatic carbocycles. The highest BCUT2D eigenvalue weighted by molar-refractivity contribution is 9.10. The predicted octanol–water partition coefficient (Wildman–Crippen LogP) is 10.8. The molecule has 0 saturated carbocycles. The van der Waals surface area contributed by atoms with Crippen molar-refractivity contribution in [2.24, 2.45) is 0 Å². The van der Waals surface area contributed by atoms with Crippen LogP contribution >= 0.6 is 39.1 Å². The van der Waals surface area contributed by atoms with Crippen LogP contribution in [-0.4, -0.2) is 46.4 Å². The molecular formula is C51H42BrCl2N9O4. The van der Waals surface area contributed by atoms with E-state index in [0.29, 0.717) is 35.0 Å². The molecule has 336 valence electrons. The van der Waals surface area contributed by atoms with Gasteiger partial charge in [-0.1, -0.05) is 83.1 Å². The molecule has 3 saturated heterocycles. The quantitative estimate of drug-likeness (QED) is 0.129. The monoisotopic (exact) mass is 993 g/mol. The van der Waals surface area contributed by atoms with Gasteiger partial charge in [0, 0.05) is 71.3 Å². The topological polar surface area (TPSA) is 161 Å². The second kappa shape index (κ2) is 17.7. The number of carbonyl (C=O) groups excluding carboxylic acids is 3. The number of amides is 3. The number of hydrogen-bond acceptors (Lipinski definition) is 6. The molecule has 6 aromatic heterocycles. The molecule has 0 aliphatic carbocycles. The zero-order chi connectivity index (χ0) is 46.7. The van der Waals surface area contributed by atoms with Crippen LogP contribution in [0.1, 0.15) is 56.7 Å². The van der Waals surface area contributed by atoms with Crippen molar-refractivity contribution in [1.82, 2.24) is 44.6 Å². The SMILES string of the molecule is C=C1CCC(n2c3cc(Cl)ccc3c3cccnc32)C(=O)N1.C=C1CCC(n2c3ccc(Br)cc3c3ccc(Cl)nc32)C(=O)N1.C=C1CCC(n2c3ccccc3c3cc[nH]c(=O)c32)C(=O)N1. The van der Waals surface area contributed by atoms with Crippen molar-refractivity contribution in [3.63, 3.8) is 0 Å². The first kappa shape index (κ1) is 43.9. The zero-order valence-corrected chi connectivity index (χ0v) is 39.0. The van der Waals surface area contributed by atoms with Crippen LogP contribution in [0.15, 0.2) is 149 Å². The van der Waals surface area contributed by atoms with Gasteiger partial charge in [0.25, 0.3) is 5.56 Å². The number of fused-ring (bicyclic) bond motifs is 9. The van der Waals surface area contributed by atoms with Crippen LogP contribution in [0, 0.1) is 0 Å². The summed E-state index contributed by atoms with van der Waals surface area (Å²) in [4.78, 5) is 61.3. The molecule has 0 bridgehead atoms. The summed E-state index contributed by atoms with van der Waals surface area (Å²) in [6.07, 6.45) is 7.70. The van der Waals surface area contributed by atoms with Gasteiger partial charge >= 0.3 is 0 Å². The van der Waals surface area contributed by atoms with E-state index < -0.39 is 6.04 Å². The van der Waals surface area contributed by atoms with Gasteiger partial charge in [-0.2, -0.15) is 0 Å². The van der Waals surface area contributed by atoms with E-state index in [2.05, 4.69) is 66.6 Å². The number of piperidine rings is 3. The summed E-state index contributed by atoms with van der Waals surface area (Å²) in [5.74, 6) is -0.201. The third kappa shape index (κ3) is 7.98. The van der Waals surface area contributed by atoms with E-state index in [-0.39, 0.29) is 35.4 Å². The Labute approximate surface area is 401 Å². The standard InChI is InChI=1S/C17H13BrClN3O.C17H14ClN3O.C17H15N3O2/c1-9-2-5-14(17(23)20-9)22-13-6-3-10(18)8-12(13)11-4-7-15(19)21-16(11)22;1-10-4-7-14(17(22)20-10)21-15-9-11(18)5-6-12(15)13-3-2-8-19-16(13)21;1-10-6-7-14(16(21)19-10)20-13-5-3-2-4-11(13)12-8-9-18-17(22)15(12)20/h3-4,6-8,14H,1-2,5H2,(H,20,23);2-3,5-6,8-9,14H,1,4,7H2,(H,20,22);2-5,8-9,14H,1,6-7H2,(H,18,22)(H,19,21). The number of carbonyl (C=O) groups is 3. The summed E-state index contributed by atoms with van der Waals surface area (Å²) >= 11 is 15.8. The molecule has 3 aliphatic rings. The molecule has 3 atom stereocenters. The molecule has 13 nitrogen and oxygen atoms in total. The summed E-state index contributed by atoms with van der Waals surface area (Å²) in [5.41, 5.74) is 7.01. The highest BCUT2D eigenvalue weighted by atomic mass is 79.9. The summed E-state index contributed by atoms with van der Waals surface area (Å²) in [5, 5.41) is 15.6. The number of pyridine rings is 3. The highest BCUT2D eigenvalue weighted by Gasteiger charge is 2.32. The molecule has 67 heavy (non-hydrogen) atoms. The number of benzene rings is 3.